The highest BCUT2D eigenvalue weighted by Gasteiger charge is 2.35. The van der Waals surface area contributed by atoms with E-state index in [0.29, 0.717) is 23.5 Å². The molecule has 2 amide bonds. The highest BCUT2D eigenvalue weighted by Crippen LogP contribution is 2.43. The summed E-state index contributed by atoms with van der Waals surface area (Å²) in [6.45, 7) is 3.87. The lowest BCUT2D eigenvalue weighted by molar-refractivity contribution is -0.118. The summed E-state index contributed by atoms with van der Waals surface area (Å²) in [6.07, 6.45) is 0.700. The summed E-state index contributed by atoms with van der Waals surface area (Å²) in [5.74, 6) is -0.507. The first-order valence-electron chi connectivity index (χ1n) is 10.6. The predicted octanol–water partition coefficient (Wildman–Crippen LogP) is 6.05. The van der Waals surface area contributed by atoms with Gasteiger partial charge in [-0.15, -0.1) is 11.8 Å². The van der Waals surface area contributed by atoms with E-state index in [2.05, 4.69) is 5.32 Å². The molecule has 0 saturated carbocycles. The molecule has 0 unspecified atom stereocenters. The molecule has 1 heterocycles. The quantitative estimate of drug-likeness (QED) is 0.500. The average molecular weight is 449 g/mol. The van der Waals surface area contributed by atoms with Crippen LogP contribution < -0.4 is 10.2 Å². The van der Waals surface area contributed by atoms with Crippen molar-refractivity contribution >= 4 is 35.0 Å². The highest BCUT2D eigenvalue weighted by molar-refractivity contribution is 8.00. The maximum atomic E-state index is 14.5. The molecule has 4 rings (SSSR count). The van der Waals surface area contributed by atoms with Crippen LogP contribution in [0, 0.1) is 12.7 Å². The molecular formula is C26H25FN2O2S. The molecule has 1 N–H and O–H groups in total. The molecule has 1 aliphatic rings. The molecule has 2 atom stereocenters. The van der Waals surface area contributed by atoms with Gasteiger partial charge in [0.05, 0.1) is 17.4 Å². The van der Waals surface area contributed by atoms with E-state index in [4.69, 9.17) is 0 Å². The number of carbonyl (C=O) groups is 2. The first-order chi connectivity index (χ1) is 15.5. The maximum absolute atomic E-state index is 14.5. The fraction of sp³-hybridized carbons (Fsp3) is 0.231. The topological polar surface area (TPSA) is 49.4 Å². The number of amides is 2. The zero-order valence-electron chi connectivity index (χ0n) is 18.0. The van der Waals surface area contributed by atoms with Gasteiger partial charge in [0.25, 0.3) is 0 Å². The molecule has 32 heavy (non-hydrogen) atoms. The monoisotopic (exact) mass is 448 g/mol. The normalized spacial score (nSPS) is 16.8. The van der Waals surface area contributed by atoms with Crippen molar-refractivity contribution in [2.75, 3.05) is 16.0 Å². The van der Waals surface area contributed by atoms with Crippen LogP contribution in [0.1, 0.15) is 41.3 Å². The van der Waals surface area contributed by atoms with Gasteiger partial charge in [-0.2, -0.15) is 0 Å². The Labute approximate surface area is 191 Å². The van der Waals surface area contributed by atoms with Crippen LogP contribution in [-0.2, 0) is 9.59 Å². The zero-order valence-corrected chi connectivity index (χ0v) is 18.9. The van der Waals surface area contributed by atoms with Crippen molar-refractivity contribution in [3.05, 3.63) is 95.3 Å². The van der Waals surface area contributed by atoms with E-state index < -0.39 is 5.82 Å². The molecule has 3 aromatic carbocycles. The van der Waals surface area contributed by atoms with E-state index in [0.717, 1.165) is 16.7 Å². The number of benzene rings is 3. The number of aryl methyl sites for hydroxylation is 1. The molecule has 1 fully saturated rings. The molecule has 4 nitrogen and oxygen atoms in total. The Bertz CT molecular complexity index is 1120. The summed E-state index contributed by atoms with van der Waals surface area (Å²) < 4.78 is 14.5. The van der Waals surface area contributed by atoms with Crippen LogP contribution >= 0.6 is 11.8 Å². The van der Waals surface area contributed by atoms with Crippen molar-refractivity contribution in [3.8, 4) is 0 Å². The smallest absolute Gasteiger partial charge is 0.238 e. The third-order valence-corrected chi connectivity index (χ3v) is 6.83. The molecule has 0 radical (unpaired) electrons. The number of nitrogens with zero attached hydrogens (tertiary/aromatic N) is 1. The summed E-state index contributed by atoms with van der Waals surface area (Å²) in [6, 6.07) is 22.0. The van der Waals surface area contributed by atoms with Gasteiger partial charge in [-0.3, -0.25) is 14.5 Å². The van der Waals surface area contributed by atoms with Crippen LogP contribution in [-0.4, -0.2) is 17.6 Å². The third-order valence-electron chi connectivity index (χ3n) is 5.62. The summed E-state index contributed by atoms with van der Waals surface area (Å²) in [4.78, 5) is 26.9. The van der Waals surface area contributed by atoms with Crippen molar-refractivity contribution in [3.63, 3.8) is 0 Å². The van der Waals surface area contributed by atoms with Crippen molar-refractivity contribution in [1.29, 1.82) is 0 Å². The van der Waals surface area contributed by atoms with E-state index >= 15 is 0 Å². The first-order valence-corrected chi connectivity index (χ1v) is 11.7. The lowest BCUT2D eigenvalue weighted by Gasteiger charge is -2.25. The van der Waals surface area contributed by atoms with Crippen molar-refractivity contribution in [1.82, 2.24) is 0 Å². The van der Waals surface area contributed by atoms with E-state index in [1.165, 1.54) is 22.7 Å². The largest absolute Gasteiger partial charge is 0.326 e. The minimum Gasteiger partial charge on any atom is -0.326 e. The minimum atomic E-state index is -0.410. The standard InChI is InChI=1S/C26H25FN2O2S/c1-3-21(18-7-5-4-6-8-18)25(31)28-20-12-10-19(11-13-20)26-29(24(30)16-32-26)23-15-17(2)9-14-22(23)27/h4-15,21,26H,3,16H2,1-2H3,(H,28,31)/t21-,26+/m0/s1. The van der Waals surface area contributed by atoms with Crippen LogP contribution in [0.2, 0.25) is 0 Å². The number of hydrogen-bond acceptors (Lipinski definition) is 3. The molecule has 0 bridgehead atoms. The van der Waals surface area contributed by atoms with Gasteiger partial charge in [-0.05, 0) is 54.3 Å². The highest BCUT2D eigenvalue weighted by atomic mass is 32.2. The van der Waals surface area contributed by atoms with Crippen LogP contribution in [0.15, 0.2) is 72.8 Å². The van der Waals surface area contributed by atoms with Gasteiger partial charge in [-0.25, -0.2) is 4.39 Å². The van der Waals surface area contributed by atoms with Gasteiger partial charge in [0.2, 0.25) is 11.8 Å². The molecule has 6 heteroatoms. The van der Waals surface area contributed by atoms with Gasteiger partial charge in [0.1, 0.15) is 11.2 Å². The fourth-order valence-corrected chi connectivity index (χ4v) is 5.13. The van der Waals surface area contributed by atoms with Gasteiger partial charge < -0.3 is 5.32 Å². The number of carbonyl (C=O) groups excluding carboxylic acids is 2. The van der Waals surface area contributed by atoms with Gasteiger partial charge >= 0.3 is 0 Å². The molecular weight excluding hydrogens is 423 g/mol. The SMILES string of the molecule is CC[C@H](C(=O)Nc1ccc([C@H]2SCC(=O)N2c2cc(C)ccc2F)cc1)c1ccccc1. The second-order valence-electron chi connectivity index (χ2n) is 7.86. The number of nitrogens with one attached hydrogen (secondary N) is 1. The Morgan fingerprint density at radius 2 is 1.84 bits per heavy atom. The van der Waals surface area contributed by atoms with Crippen LogP contribution in [0.3, 0.4) is 0 Å². The number of rotatable bonds is 6. The van der Waals surface area contributed by atoms with Gasteiger partial charge in [0, 0.05) is 5.69 Å². The number of anilines is 2. The lowest BCUT2D eigenvalue weighted by atomic mass is 9.95. The lowest BCUT2D eigenvalue weighted by Crippen LogP contribution is -2.28. The van der Waals surface area contributed by atoms with Crippen LogP contribution in [0.25, 0.3) is 0 Å². The van der Waals surface area contributed by atoms with Crippen molar-refractivity contribution in [2.24, 2.45) is 0 Å². The zero-order chi connectivity index (χ0) is 22.7. The third kappa shape index (κ3) is 4.55. The summed E-state index contributed by atoms with van der Waals surface area (Å²) >= 11 is 1.47. The predicted molar refractivity (Wildman–Crippen MR) is 128 cm³/mol. The van der Waals surface area contributed by atoms with Crippen molar-refractivity contribution in [2.45, 2.75) is 31.6 Å². The Kier molecular flexibility index (Phi) is 6.61. The van der Waals surface area contributed by atoms with Gasteiger partial charge in [0.15, 0.2) is 0 Å². The fourth-order valence-electron chi connectivity index (χ4n) is 3.96. The molecule has 1 aliphatic heterocycles. The van der Waals surface area contributed by atoms with E-state index in [1.807, 2.05) is 68.4 Å². The Morgan fingerprint density at radius 1 is 1.12 bits per heavy atom. The van der Waals surface area contributed by atoms with E-state index in [1.54, 1.807) is 12.1 Å². The molecule has 3 aromatic rings. The second-order valence-corrected chi connectivity index (χ2v) is 8.93. The summed E-state index contributed by atoms with van der Waals surface area (Å²) in [5, 5.41) is 2.68. The van der Waals surface area contributed by atoms with E-state index in [9.17, 15) is 14.0 Å². The summed E-state index contributed by atoms with van der Waals surface area (Å²) in [7, 11) is 0. The Balaban J connectivity index is 1.52. The molecule has 0 aromatic heterocycles. The Hall–Kier alpha value is -3.12. The molecule has 1 saturated heterocycles. The number of thioether (sulfide) groups is 1. The van der Waals surface area contributed by atoms with Crippen LogP contribution in [0.5, 0.6) is 0 Å². The first kappa shape index (κ1) is 22.1. The minimum absolute atomic E-state index is 0.0553. The summed E-state index contributed by atoms with van der Waals surface area (Å²) in [5.41, 5.74) is 3.76. The Morgan fingerprint density at radius 3 is 2.53 bits per heavy atom. The number of halogens is 1. The second kappa shape index (κ2) is 9.57. The maximum Gasteiger partial charge on any atom is 0.238 e. The molecule has 0 spiro atoms. The van der Waals surface area contributed by atoms with E-state index in [-0.39, 0.29) is 23.1 Å². The molecule has 0 aliphatic carbocycles. The number of hydrogen-bond donors (Lipinski definition) is 1. The van der Waals surface area contributed by atoms with Crippen molar-refractivity contribution < 1.29 is 14.0 Å². The molecule has 164 valence electrons. The average Bonchev–Trinajstić information content (AvgIpc) is 3.18. The van der Waals surface area contributed by atoms with Crippen LogP contribution in [0.4, 0.5) is 15.8 Å². The van der Waals surface area contributed by atoms with Gasteiger partial charge in [-0.1, -0.05) is 55.5 Å².